The monoisotopic (exact) mass is 1810 g/mol. The van der Waals surface area contributed by atoms with Gasteiger partial charge in [0.25, 0.3) is 0 Å². The van der Waals surface area contributed by atoms with Gasteiger partial charge in [0.1, 0.15) is 54.8 Å². The molecule has 9 aliphatic rings. The van der Waals surface area contributed by atoms with Crippen molar-refractivity contribution in [3.63, 3.8) is 0 Å². The first-order chi connectivity index (χ1) is 63.6. The number of ether oxygens (including phenoxy) is 26. The molecular weight excluding hydrogens is 1710 g/mol. The zero-order valence-electron chi connectivity index (χ0n) is 74.8. The summed E-state index contributed by atoms with van der Waals surface area (Å²) in [4.78, 5) is 89.5. The van der Waals surface area contributed by atoms with Gasteiger partial charge in [-0.15, -0.1) is 0 Å². The summed E-state index contributed by atoms with van der Waals surface area (Å²) < 4.78 is 148. The maximum Gasteiger partial charge on any atom is 0.343 e. The van der Waals surface area contributed by atoms with Crippen molar-refractivity contribution in [1.82, 2.24) is 19.7 Å². The van der Waals surface area contributed by atoms with Gasteiger partial charge >= 0.3 is 35.8 Å². The maximum atomic E-state index is 13.4. The number of aromatic hydroxyl groups is 1. The number of phenolic OH excluding ortho intramolecular Hbond substituents is 1. The van der Waals surface area contributed by atoms with Crippen molar-refractivity contribution in [3.05, 3.63) is 185 Å². The van der Waals surface area contributed by atoms with E-state index in [1.807, 2.05) is 33.3 Å². The van der Waals surface area contributed by atoms with Crippen LogP contribution in [0.1, 0.15) is 165 Å². The summed E-state index contributed by atoms with van der Waals surface area (Å²) in [6.45, 7) is 1.39. The van der Waals surface area contributed by atoms with Crippen LogP contribution in [-0.4, -0.2) is 221 Å². The number of pyridine rings is 1. The molecule has 9 aromatic rings. The van der Waals surface area contributed by atoms with Crippen molar-refractivity contribution in [3.8, 4) is 121 Å². The highest BCUT2D eigenvalue weighted by Gasteiger charge is 2.52. The Morgan fingerprint density at radius 1 is 0.359 bits per heavy atom. The van der Waals surface area contributed by atoms with Crippen molar-refractivity contribution < 1.29 is 157 Å². The number of nitrogens with zero attached hydrogens (tertiary/aromatic N) is 4. The molecule has 1 aromatic heterocycles. The van der Waals surface area contributed by atoms with Crippen molar-refractivity contribution >= 4 is 35.8 Å². The fourth-order valence-corrected chi connectivity index (χ4v) is 18.6. The highest BCUT2D eigenvalue weighted by Crippen LogP contribution is 2.62. The van der Waals surface area contributed by atoms with Gasteiger partial charge in [0.15, 0.2) is 92.0 Å². The number of phenols is 1. The van der Waals surface area contributed by atoms with Crippen LogP contribution in [-0.2, 0) is 67.5 Å². The lowest BCUT2D eigenvalue weighted by atomic mass is 9.83. The summed E-state index contributed by atoms with van der Waals surface area (Å²) >= 11 is 0. The molecule has 18 rings (SSSR count). The Balaban J connectivity index is 0.000000144. The second-order valence-electron chi connectivity index (χ2n) is 30.8. The van der Waals surface area contributed by atoms with Crippen molar-refractivity contribution in [2.24, 2.45) is 0 Å². The minimum atomic E-state index is -0.724. The molecule has 37 heteroatoms. The van der Waals surface area contributed by atoms with Gasteiger partial charge in [0.05, 0.1) is 134 Å². The summed E-state index contributed by atoms with van der Waals surface area (Å²) in [6, 6.07) is 18.4. The Morgan fingerprint density at radius 3 is 0.931 bits per heavy atom. The number of esters is 6. The Labute approximate surface area is 751 Å². The number of methoxy groups -OCH3 is 14. The van der Waals surface area contributed by atoms with Crippen LogP contribution in [0, 0.1) is 0 Å². The van der Waals surface area contributed by atoms with E-state index in [0.717, 1.165) is 33.4 Å². The van der Waals surface area contributed by atoms with E-state index in [9.17, 15) is 33.9 Å². The molecule has 0 saturated carbocycles. The minimum absolute atomic E-state index is 0.00309. The molecule has 0 spiro atoms. The summed E-state index contributed by atoms with van der Waals surface area (Å²) in [5.41, 5.74) is 10.4. The predicted octanol–water partition coefficient (Wildman–Crippen LogP) is 11.9. The van der Waals surface area contributed by atoms with Crippen LogP contribution < -0.4 is 94.7 Å². The first-order valence-electron chi connectivity index (χ1n) is 41.2. The normalized spacial score (nSPS) is 18.3. The molecule has 10 heterocycles. The maximum absolute atomic E-state index is 13.4. The number of likely N-dealkylation sites (N-methyl/N-ethyl adjacent to an activating group) is 3. The Bertz CT molecular complexity index is 5970. The van der Waals surface area contributed by atoms with Gasteiger partial charge in [-0.05, 0) is 112 Å². The highest BCUT2D eigenvalue weighted by molar-refractivity contribution is 6.00. The fourth-order valence-electron chi connectivity index (χ4n) is 18.6. The molecule has 37 nitrogen and oxygen atoms in total. The molecular formula is C94H96N4O33. The summed E-state index contributed by atoms with van der Waals surface area (Å²) in [5.74, 6) is 3.68. The Kier molecular flexibility index (Phi) is 25.8. The first kappa shape index (κ1) is 89.8. The van der Waals surface area contributed by atoms with E-state index >= 15 is 0 Å². The number of benzene rings is 8. The predicted molar refractivity (Wildman–Crippen MR) is 457 cm³/mol. The number of fused-ring (bicyclic) bond motifs is 9. The lowest BCUT2D eigenvalue weighted by molar-refractivity contribution is 0.00788. The van der Waals surface area contributed by atoms with Gasteiger partial charge < -0.3 is 128 Å². The van der Waals surface area contributed by atoms with Gasteiger partial charge in [-0.25, -0.2) is 28.8 Å². The fraction of sp³-hybridized carbons (Fsp3) is 0.372. The first-order valence-corrected chi connectivity index (χ1v) is 41.2. The number of carbonyl (C=O) groups is 6. The number of carbonyl (C=O) groups excluding carboxylic acids is 6. The summed E-state index contributed by atoms with van der Waals surface area (Å²) in [7, 11) is 26.6. The number of hydrogen-bond donors (Lipinski definition) is 1. The van der Waals surface area contributed by atoms with Gasteiger partial charge in [-0.1, -0.05) is 18.2 Å². The molecule has 0 saturated heterocycles. The molecule has 690 valence electrons. The third-order valence-corrected chi connectivity index (χ3v) is 24.5. The lowest BCUT2D eigenvalue weighted by Crippen LogP contribution is -2.37. The van der Waals surface area contributed by atoms with E-state index in [2.05, 4.69) is 19.7 Å². The average Bonchev–Trinajstić information content (AvgIpc) is 1.70. The highest BCUT2D eigenvalue weighted by atomic mass is 16.7. The molecule has 0 bridgehead atoms. The number of cyclic esters (lactones) is 3. The minimum Gasteiger partial charge on any atom is -0.502 e. The van der Waals surface area contributed by atoms with Gasteiger partial charge in [-0.2, -0.15) is 0 Å². The van der Waals surface area contributed by atoms with Gasteiger partial charge in [0.2, 0.25) is 49.1 Å². The van der Waals surface area contributed by atoms with Crippen LogP contribution in [0.4, 0.5) is 0 Å². The topological polar surface area (TPSA) is 385 Å². The third kappa shape index (κ3) is 15.6. The molecule has 0 radical (unpaired) electrons. The van der Waals surface area contributed by atoms with E-state index in [1.165, 1.54) is 116 Å². The molecule has 0 fully saturated rings. The molecule has 1 N–H and O–H groups in total. The zero-order chi connectivity index (χ0) is 92.7. The number of rotatable bonds is 26. The molecule has 6 atom stereocenters. The average molecular weight is 1810 g/mol. The summed E-state index contributed by atoms with van der Waals surface area (Å²) in [5, 5.41) is 10.3. The largest absolute Gasteiger partial charge is 0.502 e. The van der Waals surface area contributed by atoms with Crippen LogP contribution in [0.25, 0.3) is 0 Å². The van der Waals surface area contributed by atoms with E-state index in [4.69, 9.17) is 123 Å². The van der Waals surface area contributed by atoms with Crippen LogP contribution in [0.3, 0.4) is 0 Å². The standard InChI is InChI=1S/C33H35NO12.C32H33NO12.C29H28N2O9/c1-34-11-10-17-19(14-43-32(35)16-12-21(38-3)28(40-5)22(13-16)39-4)27-31(45-15-44-27)30(42-7)23(17)25(34)26-18-8-9-20(37-2)29(41-6)24(18)33(36)46-26;1-33-10-9-16-18(13-42-31(35)15-11-20(38-3)25(34)21(12-15)39-4)27-30(44-14-43-27)29(41-6)22(16)24(33)26-17-7-8-19(37-2)28(40-5)23(17)32(36)45-26;1-31-11-9-16-18(13-37-28(32)15-6-5-10-30-12-15)24-27(39-14-38-24)26(36-4)20(16)22(31)23-17-7-8-19(34-2)25(35-3)21(17)29(33)40-23/h8-9,12-13,25-26H,10-11,14-15H2,1-7H3;7-8,11-12,24,26,34H,9-10,13-14H2,1-6H3;5-8,10,12,22-23H,9,11,13-14H2,1-4H3/t25-,26+;24-,26+;22-,23+/m111/s1. The van der Waals surface area contributed by atoms with E-state index < -0.39 is 72.3 Å². The van der Waals surface area contributed by atoms with Crippen LogP contribution in [0.2, 0.25) is 0 Å². The molecule has 0 amide bonds. The van der Waals surface area contributed by atoms with Crippen molar-refractivity contribution in [2.75, 3.05) is 161 Å². The quantitative estimate of drug-likeness (QED) is 0.0388. The third-order valence-electron chi connectivity index (χ3n) is 24.5. The van der Waals surface area contributed by atoms with Gasteiger partial charge in [0, 0.05) is 82.1 Å². The zero-order valence-corrected chi connectivity index (χ0v) is 74.8. The molecule has 0 aliphatic carbocycles. The molecule has 131 heavy (non-hydrogen) atoms. The molecule has 8 aromatic carbocycles. The van der Waals surface area contributed by atoms with E-state index in [1.54, 1.807) is 56.8 Å². The molecule has 0 unspecified atom stereocenters. The van der Waals surface area contributed by atoms with E-state index in [-0.39, 0.29) is 68.6 Å². The number of hydrogen-bond acceptors (Lipinski definition) is 37. The SMILES string of the molecule is COc1cc(C(=O)OCc2c3c(c(OC)c4c2OCO4)[C@H]([C@H]2OC(=O)c4c2ccc(OC)c4OC)N(C)CC3)cc(OC)c1O.COc1cc(C(=O)OCc2c3c(c(OC)c4c2OCO4)[C@H]([C@H]2OC(=O)c4c2ccc(OC)c4OC)N(C)CC3)cc(OC)c1OC.COc1ccc2c(c1OC)C(=O)O[C@@H]2[C@H]1c2c(c(COC(=O)c3cccnc3)c3c(c2OC)OCO3)CCN1C. The van der Waals surface area contributed by atoms with Gasteiger partial charge in [-0.3, -0.25) is 19.7 Å². The van der Waals surface area contributed by atoms with Crippen molar-refractivity contribution in [1.29, 1.82) is 0 Å². The Morgan fingerprint density at radius 2 is 0.649 bits per heavy atom. The molecule has 9 aliphatic heterocycles. The smallest absolute Gasteiger partial charge is 0.343 e. The van der Waals surface area contributed by atoms with E-state index in [0.29, 0.717) is 198 Å². The Hall–Kier alpha value is -14.6. The van der Waals surface area contributed by atoms with Crippen LogP contribution >= 0.6 is 0 Å². The summed E-state index contributed by atoms with van der Waals surface area (Å²) in [6.07, 6.45) is 2.68. The van der Waals surface area contributed by atoms with Crippen molar-refractivity contribution in [2.45, 2.75) is 75.5 Å². The van der Waals surface area contributed by atoms with Crippen LogP contribution in [0.15, 0.2) is 85.2 Å². The second kappa shape index (κ2) is 37.6. The second-order valence-corrected chi connectivity index (χ2v) is 30.8. The lowest BCUT2D eigenvalue weighted by Gasteiger charge is -2.39. The number of aromatic nitrogens is 1. The van der Waals surface area contributed by atoms with Crippen LogP contribution in [0.5, 0.6) is 121 Å².